The number of halogens is 1. The lowest BCUT2D eigenvalue weighted by molar-refractivity contribution is -0.142. The Kier molecular flexibility index (Phi) is 5.88. The average molecular weight is 467 g/mol. The third-order valence-corrected chi connectivity index (χ3v) is 6.07. The summed E-state index contributed by atoms with van der Waals surface area (Å²) in [6.45, 7) is 4.08. The van der Waals surface area contributed by atoms with Crippen molar-refractivity contribution in [2.24, 2.45) is 11.8 Å². The minimum absolute atomic E-state index is 0.0744. The maximum atomic E-state index is 12.5. The monoisotopic (exact) mass is 466 g/mol. The van der Waals surface area contributed by atoms with Gasteiger partial charge in [0, 0.05) is 16.6 Å². The molecule has 0 aliphatic carbocycles. The van der Waals surface area contributed by atoms with E-state index in [2.05, 4.69) is 26.4 Å². The molecule has 0 fully saturated rings. The summed E-state index contributed by atoms with van der Waals surface area (Å²) in [5.74, 6) is -1.76. The largest absolute Gasteiger partial charge is 0.481 e. The number of hydroxylamine groups is 1. The van der Waals surface area contributed by atoms with E-state index in [0.717, 1.165) is 32.2 Å². The predicted molar refractivity (Wildman–Crippen MR) is 121 cm³/mol. The predicted octanol–water partition coefficient (Wildman–Crippen LogP) is 5.38. The van der Waals surface area contributed by atoms with Crippen LogP contribution < -0.4 is 5.48 Å². The van der Waals surface area contributed by atoms with Crippen LogP contribution in [0.25, 0.3) is 16.5 Å². The Balaban J connectivity index is 1.75. The zero-order valence-electron chi connectivity index (χ0n) is 16.7. The van der Waals surface area contributed by atoms with Gasteiger partial charge in [-0.25, -0.2) is 0 Å². The van der Waals surface area contributed by atoms with E-state index >= 15 is 0 Å². The first-order chi connectivity index (χ1) is 14.5. The van der Waals surface area contributed by atoms with Gasteiger partial charge in [0.2, 0.25) is 0 Å². The number of carboxylic acid groups (broad SMARTS) is 1. The molecule has 2 N–H and O–H groups in total. The maximum absolute atomic E-state index is 12.5. The number of hydrogen-bond acceptors (Lipinski definition) is 4. The summed E-state index contributed by atoms with van der Waals surface area (Å²) in [5.41, 5.74) is 5.26. The highest BCUT2D eigenvalue weighted by Gasteiger charge is 2.40. The minimum atomic E-state index is -0.850. The van der Waals surface area contributed by atoms with Crippen LogP contribution in [-0.4, -0.2) is 22.2 Å². The Morgan fingerprint density at radius 3 is 2.60 bits per heavy atom. The van der Waals surface area contributed by atoms with Crippen molar-refractivity contribution >= 4 is 38.4 Å². The number of aromatic nitrogens is 1. The molecule has 0 saturated carbocycles. The molecule has 30 heavy (non-hydrogen) atoms. The summed E-state index contributed by atoms with van der Waals surface area (Å²) in [4.78, 5) is 22.8. The second-order valence-electron chi connectivity index (χ2n) is 7.83. The molecule has 0 amide bonds. The highest BCUT2D eigenvalue weighted by atomic mass is 79.9. The Morgan fingerprint density at radius 1 is 1.13 bits per heavy atom. The number of rotatable bonds is 6. The van der Waals surface area contributed by atoms with Crippen molar-refractivity contribution in [3.05, 3.63) is 82.6 Å². The Hall–Kier alpha value is -2.70. The number of benzene rings is 2. The van der Waals surface area contributed by atoms with Crippen LogP contribution in [0.3, 0.4) is 0 Å². The summed E-state index contributed by atoms with van der Waals surface area (Å²) in [6, 6.07) is 17.5. The fraction of sp³-hybridized carbons (Fsp3) is 0.250. The van der Waals surface area contributed by atoms with Gasteiger partial charge < -0.3 is 5.11 Å². The molecule has 6 heteroatoms. The third-order valence-electron chi connectivity index (χ3n) is 5.60. The topological polar surface area (TPSA) is 71.5 Å². The van der Waals surface area contributed by atoms with Gasteiger partial charge in [-0.05, 0) is 56.4 Å². The van der Waals surface area contributed by atoms with E-state index in [9.17, 15) is 9.90 Å². The molecule has 3 unspecified atom stereocenters. The Labute approximate surface area is 183 Å². The molecule has 3 aromatic rings. The number of carboxylic acids is 1. The standard InChI is InChI=1S/C24H23BrN2O3/c1-14(2)22(21-12-20(27-30-21)19-11-10-16(25)13-26-19)23(24(28)29)18-9-5-7-15-6-3-4-8-17(15)18/h3-14,21-23,27H,1-2H3,(H,28,29). The minimum Gasteiger partial charge on any atom is -0.481 e. The van der Waals surface area contributed by atoms with Crippen molar-refractivity contribution in [2.75, 3.05) is 0 Å². The molecule has 1 aliphatic rings. The van der Waals surface area contributed by atoms with Crippen LogP contribution in [-0.2, 0) is 9.63 Å². The lowest BCUT2D eigenvalue weighted by Gasteiger charge is -2.31. The van der Waals surface area contributed by atoms with E-state index in [-0.39, 0.29) is 11.8 Å². The normalized spacial score (nSPS) is 18.1. The van der Waals surface area contributed by atoms with Crippen molar-refractivity contribution in [1.82, 2.24) is 10.5 Å². The van der Waals surface area contributed by atoms with Crippen LogP contribution in [0.4, 0.5) is 0 Å². The van der Waals surface area contributed by atoms with E-state index in [1.54, 1.807) is 6.20 Å². The van der Waals surface area contributed by atoms with Gasteiger partial charge in [0.25, 0.3) is 0 Å². The number of pyridine rings is 1. The second kappa shape index (κ2) is 8.58. The van der Waals surface area contributed by atoms with Gasteiger partial charge in [-0.3, -0.25) is 20.1 Å². The molecule has 5 nitrogen and oxygen atoms in total. The van der Waals surface area contributed by atoms with Crippen molar-refractivity contribution < 1.29 is 14.7 Å². The van der Waals surface area contributed by atoms with E-state index in [4.69, 9.17) is 4.84 Å². The lowest BCUT2D eigenvalue weighted by atomic mass is 9.74. The molecule has 0 bridgehead atoms. The van der Waals surface area contributed by atoms with Crippen LogP contribution >= 0.6 is 15.9 Å². The summed E-state index contributed by atoms with van der Waals surface area (Å²) < 4.78 is 0.893. The van der Waals surface area contributed by atoms with Crippen LogP contribution in [0.2, 0.25) is 0 Å². The van der Waals surface area contributed by atoms with E-state index in [0.29, 0.717) is 0 Å². The third kappa shape index (κ3) is 3.98. The number of aliphatic carboxylic acids is 1. The summed E-state index contributed by atoms with van der Waals surface area (Å²) >= 11 is 3.39. The van der Waals surface area contributed by atoms with Crippen LogP contribution in [0.1, 0.15) is 31.0 Å². The summed E-state index contributed by atoms with van der Waals surface area (Å²) in [5, 5.41) is 12.3. The molecule has 0 radical (unpaired) electrons. The molecule has 4 rings (SSSR count). The number of hydrogen-bond donors (Lipinski definition) is 2. The zero-order valence-corrected chi connectivity index (χ0v) is 18.3. The van der Waals surface area contributed by atoms with Crippen molar-refractivity contribution in [3.63, 3.8) is 0 Å². The van der Waals surface area contributed by atoms with Gasteiger partial charge in [0.05, 0.1) is 17.3 Å². The van der Waals surface area contributed by atoms with Gasteiger partial charge in [0.1, 0.15) is 6.10 Å². The van der Waals surface area contributed by atoms with Crippen molar-refractivity contribution in [1.29, 1.82) is 0 Å². The maximum Gasteiger partial charge on any atom is 0.311 e. The first-order valence-corrected chi connectivity index (χ1v) is 10.7. The Bertz CT molecular complexity index is 1090. The van der Waals surface area contributed by atoms with E-state index in [1.807, 2.05) is 74.5 Å². The van der Waals surface area contributed by atoms with Crippen LogP contribution in [0.5, 0.6) is 0 Å². The number of carbonyl (C=O) groups is 1. The number of nitrogens with one attached hydrogen (secondary N) is 1. The van der Waals surface area contributed by atoms with Crippen LogP contribution in [0, 0.1) is 11.8 Å². The SMILES string of the molecule is CC(C)C(C1C=C(c2ccc(Br)cn2)NO1)C(C(=O)O)c1cccc2ccccc12. The molecule has 1 aliphatic heterocycles. The zero-order chi connectivity index (χ0) is 21.3. The fourth-order valence-electron chi connectivity index (χ4n) is 4.21. The molecular formula is C24H23BrN2O3. The highest BCUT2D eigenvalue weighted by molar-refractivity contribution is 9.10. The molecule has 1 aromatic heterocycles. The molecule has 154 valence electrons. The Morgan fingerprint density at radius 2 is 1.90 bits per heavy atom. The molecule has 0 saturated heterocycles. The number of nitrogens with zero attached hydrogens (tertiary/aromatic N) is 1. The first kappa shape index (κ1) is 20.6. The van der Waals surface area contributed by atoms with Gasteiger partial charge in [-0.1, -0.05) is 56.3 Å². The fourth-order valence-corrected chi connectivity index (χ4v) is 4.44. The summed E-state index contributed by atoms with van der Waals surface area (Å²) in [7, 11) is 0. The van der Waals surface area contributed by atoms with Crippen molar-refractivity contribution in [3.8, 4) is 0 Å². The van der Waals surface area contributed by atoms with Gasteiger partial charge in [0.15, 0.2) is 0 Å². The van der Waals surface area contributed by atoms with E-state index in [1.165, 1.54) is 0 Å². The van der Waals surface area contributed by atoms with Gasteiger partial charge in [-0.15, -0.1) is 0 Å². The first-order valence-electron chi connectivity index (χ1n) is 9.91. The average Bonchev–Trinajstić information content (AvgIpc) is 3.21. The molecule has 2 heterocycles. The highest BCUT2D eigenvalue weighted by Crippen LogP contribution is 2.39. The van der Waals surface area contributed by atoms with Gasteiger partial charge in [-0.2, -0.15) is 0 Å². The number of fused-ring (bicyclic) bond motifs is 1. The van der Waals surface area contributed by atoms with Crippen LogP contribution in [0.15, 0.2) is 71.3 Å². The second-order valence-corrected chi connectivity index (χ2v) is 8.75. The quantitative estimate of drug-likeness (QED) is 0.509. The van der Waals surface area contributed by atoms with E-state index < -0.39 is 18.0 Å². The molecule has 3 atom stereocenters. The van der Waals surface area contributed by atoms with Crippen molar-refractivity contribution in [2.45, 2.75) is 25.9 Å². The molecular weight excluding hydrogens is 444 g/mol. The smallest absolute Gasteiger partial charge is 0.311 e. The van der Waals surface area contributed by atoms with Gasteiger partial charge >= 0.3 is 5.97 Å². The lowest BCUT2D eigenvalue weighted by Crippen LogP contribution is -2.35. The summed E-state index contributed by atoms with van der Waals surface area (Å²) in [6.07, 6.45) is 3.27. The molecule has 2 aromatic carbocycles. The molecule has 0 spiro atoms.